The zero-order valence-corrected chi connectivity index (χ0v) is 14.7. The number of sulfone groups is 1. The molecule has 0 aliphatic carbocycles. The molecule has 0 bridgehead atoms. The van der Waals surface area contributed by atoms with Crippen molar-refractivity contribution in [3.05, 3.63) is 28.2 Å². The van der Waals surface area contributed by atoms with Gasteiger partial charge in [-0.1, -0.05) is 33.1 Å². The van der Waals surface area contributed by atoms with Crippen molar-refractivity contribution in [2.45, 2.75) is 44.4 Å². The first-order valence-electron chi connectivity index (χ1n) is 7.07. The van der Waals surface area contributed by atoms with Gasteiger partial charge in [-0.25, -0.2) is 13.2 Å². The molecular formula is C15H21BrO4S. The summed E-state index contributed by atoms with van der Waals surface area (Å²) in [6.45, 7) is 4.06. The zero-order chi connectivity index (χ0) is 16.0. The first-order valence-corrected chi connectivity index (χ1v) is 9.52. The number of carboxylic acid groups (broad SMARTS) is 1. The van der Waals surface area contributed by atoms with Gasteiger partial charge in [0, 0.05) is 4.47 Å². The Morgan fingerprint density at radius 1 is 1.33 bits per heavy atom. The minimum atomic E-state index is -3.50. The summed E-state index contributed by atoms with van der Waals surface area (Å²) in [4.78, 5) is 11.1. The molecule has 0 amide bonds. The molecular weight excluding hydrogens is 356 g/mol. The molecule has 0 aliphatic rings. The normalized spacial score (nSPS) is 13.1. The van der Waals surface area contributed by atoms with Crippen LogP contribution in [0.2, 0.25) is 0 Å². The van der Waals surface area contributed by atoms with Gasteiger partial charge in [-0.3, -0.25) is 0 Å². The smallest absolute Gasteiger partial charge is 0.335 e. The molecule has 0 saturated heterocycles. The van der Waals surface area contributed by atoms with Crippen LogP contribution in [-0.2, 0) is 9.84 Å². The third-order valence-corrected chi connectivity index (χ3v) is 6.38. The third kappa shape index (κ3) is 5.11. The lowest BCUT2D eigenvalue weighted by Crippen LogP contribution is -2.17. The van der Waals surface area contributed by atoms with Crippen molar-refractivity contribution in [2.75, 3.05) is 5.75 Å². The van der Waals surface area contributed by atoms with E-state index in [4.69, 9.17) is 5.11 Å². The predicted molar refractivity (Wildman–Crippen MR) is 86.5 cm³/mol. The van der Waals surface area contributed by atoms with Gasteiger partial charge < -0.3 is 5.11 Å². The Balaban J connectivity index is 3.06. The van der Waals surface area contributed by atoms with Gasteiger partial charge in [0.2, 0.25) is 0 Å². The lowest BCUT2D eigenvalue weighted by Gasteiger charge is -2.15. The average Bonchev–Trinajstić information content (AvgIpc) is 2.43. The summed E-state index contributed by atoms with van der Waals surface area (Å²) < 4.78 is 25.5. The number of hydrogen-bond acceptors (Lipinski definition) is 3. The van der Waals surface area contributed by atoms with Gasteiger partial charge in [-0.05, 0) is 46.5 Å². The molecule has 21 heavy (non-hydrogen) atoms. The Morgan fingerprint density at radius 2 is 2.00 bits per heavy atom. The van der Waals surface area contributed by atoms with Crippen LogP contribution in [0.1, 0.15) is 49.9 Å². The van der Waals surface area contributed by atoms with Crippen molar-refractivity contribution >= 4 is 31.7 Å². The molecule has 1 aromatic rings. The Bertz CT molecular complexity index is 596. The van der Waals surface area contributed by atoms with Gasteiger partial charge in [0.1, 0.15) is 0 Å². The summed E-state index contributed by atoms with van der Waals surface area (Å²) in [5.74, 6) is -0.960. The zero-order valence-electron chi connectivity index (χ0n) is 12.3. The second-order valence-electron chi connectivity index (χ2n) is 5.15. The van der Waals surface area contributed by atoms with E-state index >= 15 is 0 Å². The Labute approximate surface area is 134 Å². The molecule has 6 heteroatoms. The number of benzene rings is 1. The van der Waals surface area contributed by atoms with Crippen molar-refractivity contribution in [2.24, 2.45) is 5.92 Å². The second kappa shape index (κ2) is 7.94. The molecule has 0 saturated carbocycles. The van der Waals surface area contributed by atoms with Crippen LogP contribution in [0.4, 0.5) is 0 Å². The van der Waals surface area contributed by atoms with E-state index in [2.05, 4.69) is 22.9 Å². The lowest BCUT2D eigenvalue weighted by molar-refractivity contribution is 0.0696. The van der Waals surface area contributed by atoms with Crippen molar-refractivity contribution in [3.8, 4) is 0 Å². The van der Waals surface area contributed by atoms with Gasteiger partial charge in [0.05, 0.1) is 16.2 Å². The molecule has 0 radical (unpaired) electrons. The molecule has 1 aromatic carbocycles. The molecule has 4 nitrogen and oxygen atoms in total. The fourth-order valence-electron chi connectivity index (χ4n) is 2.17. The maximum Gasteiger partial charge on any atom is 0.335 e. The first kappa shape index (κ1) is 18.2. The lowest BCUT2D eigenvalue weighted by atomic mass is 10.0. The highest BCUT2D eigenvalue weighted by Gasteiger charge is 2.23. The summed E-state index contributed by atoms with van der Waals surface area (Å²) in [7, 11) is -3.50. The highest BCUT2D eigenvalue weighted by Crippen LogP contribution is 2.27. The Morgan fingerprint density at radius 3 is 2.52 bits per heavy atom. The molecule has 0 aromatic heterocycles. The maximum absolute atomic E-state index is 12.5. The quantitative estimate of drug-likeness (QED) is 0.739. The van der Waals surface area contributed by atoms with Crippen LogP contribution in [0.15, 0.2) is 27.6 Å². The van der Waals surface area contributed by atoms with E-state index in [0.717, 1.165) is 25.7 Å². The molecule has 1 N–H and O–H groups in total. The van der Waals surface area contributed by atoms with Gasteiger partial charge in [-0.2, -0.15) is 0 Å². The topological polar surface area (TPSA) is 71.4 Å². The highest BCUT2D eigenvalue weighted by molar-refractivity contribution is 9.10. The number of unbranched alkanes of at least 4 members (excludes halogenated alkanes) is 1. The summed E-state index contributed by atoms with van der Waals surface area (Å²) in [5.41, 5.74) is -0.0154. The van der Waals surface area contributed by atoms with Crippen molar-refractivity contribution in [3.63, 3.8) is 0 Å². The number of hydrogen-bond donors (Lipinski definition) is 1. The predicted octanol–water partition coefficient (Wildman–Crippen LogP) is 4.14. The van der Waals surface area contributed by atoms with Crippen LogP contribution < -0.4 is 0 Å². The summed E-state index contributed by atoms with van der Waals surface area (Å²) in [6.07, 6.45) is 3.72. The van der Waals surface area contributed by atoms with Gasteiger partial charge in [-0.15, -0.1) is 0 Å². The number of carbonyl (C=O) groups is 1. The van der Waals surface area contributed by atoms with Crippen LogP contribution >= 0.6 is 15.9 Å². The van der Waals surface area contributed by atoms with Crippen LogP contribution in [-0.4, -0.2) is 25.2 Å². The molecule has 0 heterocycles. The summed E-state index contributed by atoms with van der Waals surface area (Å²) in [5, 5.41) is 9.00. The summed E-state index contributed by atoms with van der Waals surface area (Å²) in [6, 6.07) is 4.09. The summed E-state index contributed by atoms with van der Waals surface area (Å²) >= 11 is 3.21. The second-order valence-corrected chi connectivity index (χ2v) is 8.01. The average molecular weight is 377 g/mol. The van der Waals surface area contributed by atoms with E-state index in [0.29, 0.717) is 4.47 Å². The number of rotatable bonds is 8. The SMILES string of the molecule is CCCCC(CC)CS(=O)(=O)c1cc(C(=O)O)ccc1Br. The minimum absolute atomic E-state index is 0.0154. The van der Waals surface area contributed by atoms with Gasteiger partial charge in [0.15, 0.2) is 9.84 Å². The van der Waals surface area contributed by atoms with Gasteiger partial charge in [0.25, 0.3) is 0 Å². The van der Waals surface area contributed by atoms with Crippen molar-refractivity contribution in [1.82, 2.24) is 0 Å². The van der Waals surface area contributed by atoms with Crippen LogP contribution in [0.3, 0.4) is 0 Å². The molecule has 0 fully saturated rings. The largest absolute Gasteiger partial charge is 0.478 e. The van der Waals surface area contributed by atoms with Crippen LogP contribution in [0, 0.1) is 5.92 Å². The van der Waals surface area contributed by atoms with Gasteiger partial charge >= 0.3 is 5.97 Å². The number of aromatic carboxylic acids is 1. The molecule has 0 aliphatic heterocycles. The highest BCUT2D eigenvalue weighted by atomic mass is 79.9. The molecule has 0 spiro atoms. The minimum Gasteiger partial charge on any atom is -0.478 e. The molecule has 118 valence electrons. The van der Waals surface area contributed by atoms with Crippen molar-refractivity contribution < 1.29 is 18.3 Å². The van der Waals surface area contributed by atoms with E-state index in [9.17, 15) is 13.2 Å². The van der Waals surface area contributed by atoms with E-state index < -0.39 is 15.8 Å². The number of halogens is 1. The molecule has 1 atom stereocenters. The van der Waals surface area contributed by atoms with E-state index in [1.165, 1.54) is 18.2 Å². The van der Waals surface area contributed by atoms with E-state index in [-0.39, 0.29) is 22.1 Å². The first-order chi connectivity index (χ1) is 9.81. The van der Waals surface area contributed by atoms with E-state index in [1.807, 2.05) is 6.92 Å². The fraction of sp³-hybridized carbons (Fsp3) is 0.533. The monoisotopic (exact) mass is 376 g/mol. The van der Waals surface area contributed by atoms with Crippen molar-refractivity contribution in [1.29, 1.82) is 0 Å². The fourth-order valence-corrected chi connectivity index (χ4v) is 5.03. The molecule has 1 rings (SSSR count). The number of carboxylic acids is 1. The van der Waals surface area contributed by atoms with Crippen LogP contribution in [0.5, 0.6) is 0 Å². The Kier molecular flexibility index (Phi) is 6.87. The molecule has 1 unspecified atom stereocenters. The van der Waals surface area contributed by atoms with Crippen LogP contribution in [0.25, 0.3) is 0 Å². The maximum atomic E-state index is 12.5. The third-order valence-electron chi connectivity index (χ3n) is 3.51. The Hall–Kier alpha value is -0.880. The standard InChI is InChI=1S/C15H21BrO4S/c1-3-5-6-11(4-2)10-21(19,20)14-9-12(15(17)18)7-8-13(14)16/h7-9,11H,3-6,10H2,1-2H3,(H,17,18). The van der Waals surface area contributed by atoms with E-state index in [1.54, 1.807) is 0 Å².